The summed E-state index contributed by atoms with van der Waals surface area (Å²) >= 11 is 3.52. The minimum absolute atomic E-state index is 0.975. The lowest BCUT2D eigenvalue weighted by Crippen LogP contribution is -1.92. The van der Waals surface area contributed by atoms with E-state index in [9.17, 15) is 0 Å². The molecule has 1 nitrogen and oxygen atoms in total. The zero-order chi connectivity index (χ0) is 19.1. The number of rotatable bonds is 3. The van der Waals surface area contributed by atoms with Gasteiger partial charge in [0, 0.05) is 32.8 Å². The number of nitrogens with zero attached hydrogens (tertiary/aromatic N) is 1. The van der Waals surface area contributed by atoms with E-state index >= 15 is 0 Å². The summed E-state index contributed by atoms with van der Waals surface area (Å²) in [6.45, 7) is 3.18. The van der Waals surface area contributed by atoms with Crippen molar-refractivity contribution in [1.82, 2.24) is 4.57 Å². The Morgan fingerprint density at radius 1 is 0.607 bits per heavy atom. The topological polar surface area (TPSA) is 4.93 Å². The lowest BCUT2D eigenvalue weighted by atomic mass is 9.98. The molecule has 0 aliphatic heterocycles. The summed E-state index contributed by atoms with van der Waals surface area (Å²) in [5.41, 5.74) is 7.58. The summed E-state index contributed by atoms with van der Waals surface area (Å²) in [6.07, 6.45) is 0. The molecule has 0 saturated heterocycles. The SMILES string of the molecule is CCn1c2ccccc2c2cc(-c3cccc(-c4ccc(Br)cc4)c3)ccc21. The first kappa shape index (κ1) is 17.3. The maximum absolute atomic E-state index is 3.52. The Balaban J connectivity index is 1.67. The number of para-hydroxylation sites is 1. The van der Waals surface area contributed by atoms with Gasteiger partial charge >= 0.3 is 0 Å². The molecule has 0 N–H and O–H groups in total. The highest BCUT2D eigenvalue weighted by Gasteiger charge is 2.10. The van der Waals surface area contributed by atoms with E-state index in [-0.39, 0.29) is 0 Å². The Morgan fingerprint density at radius 3 is 2.04 bits per heavy atom. The van der Waals surface area contributed by atoms with Crippen molar-refractivity contribution in [1.29, 1.82) is 0 Å². The fourth-order valence-electron chi connectivity index (χ4n) is 4.09. The van der Waals surface area contributed by atoms with Crippen LogP contribution in [0.15, 0.2) is 95.5 Å². The average Bonchev–Trinajstić information content (AvgIpc) is 3.07. The Bertz CT molecular complexity index is 1300. The van der Waals surface area contributed by atoms with Crippen LogP contribution in [0, 0.1) is 0 Å². The smallest absolute Gasteiger partial charge is 0.0491 e. The molecule has 0 spiro atoms. The Morgan fingerprint density at radius 2 is 1.25 bits per heavy atom. The zero-order valence-electron chi connectivity index (χ0n) is 15.7. The second-order valence-corrected chi connectivity index (χ2v) is 8.00. The minimum Gasteiger partial charge on any atom is -0.341 e. The van der Waals surface area contributed by atoms with Crippen LogP contribution >= 0.6 is 15.9 Å². The molecule has 0 unspecified atom stereocenters. The normalized spacial score (nSPS) is 11.4. The molecule has 28 heavy (non-hydrogen) atoms. The predicted octanol–water partition coefficient (Wildman–Crippen LogP) is 7.91. The fourth-order valence-corrected chi connectivity index (χ4v) is 4.36. The lowest BCUT2D eigenvalue weighted by Gasteiger charge is -2.08. The molecule has 2 heteroatoms. The predicted molar refractivity (Wildman–Crippen MR) is 124 cm³/mol. The van der Waals surface area contributed by atoms with E-state index in [1.165, 1.54) is 44.1 Å². The van der Waals surface area contributed by atoms with E-state index in [1.807, 2.05) is 0 Å². The molecule has 1 aromatic heterocycles. The van der Waals surface area contributed by atoms with Crippen LogP contribution in [0.1, 0.15) is 6.92 Å². The summed E-state index contributed by atoms with van der Waals surface area (Å²) in [7, 11) is 0. The molecule has 0 radical (unpaired) electrons. The van der Waals surface area contributed by atoms with Gasteiger partial charge in [0.1, 0.15) is 0 Å². The number of aryl methyl sites for hydroxylation is 1. The highest BCUT2D eigenvalue weighted by molar-refractivity contribution is 9.10. The van der Waals surface area contributed by atoms with E-state index in [0.717, 1.165) is 11.0 Å². The van der Waals surface area contributed by atoms with Crippen LogP contribution in [0.5, 0.6) is 0 Å². The molecule has 0 aliphatic carbocycles. The van der Waals surface area contributed by atoms with E-state index in [2.05, 4.69) is 118 Å². The van der Waals surface area contributed by atoms with Gasteiger partial charge in [-0.1, -0.05) is 70.5 Å². The standard InChI is InChI=1S/C26H20BrN/c1-2-28-25-9-4-3-8-23(25)24-17-21(12-15-26(24)28)20-7-5-6-19(16-20)18-10-13-22(27)14-11-18/h3-17H,2H2,1H3. The lowest BCUT2D eigenvalue weighted by molar-refractivity contribution is 0.827. The van der Waals surface area contributed by atoms with E-state index < -0.39 is 0 Å². The van der Waals surface area contributed by atoms with Crippen molar-refractivity contribution in [2.45, 2.75) is 13.5 Å². The molecule has 0 bridgehead atoms. The second-order valence-electron chi connectivity index (χ2n) is 7.08. The number of hydrogen-bond donors (Lipinski definition) is 0. The summed E-state index contributed by atoms with van der Waals surface area (Å²) in [4.78, 5) is 0. The Kier molecular flexibility index (Phi) is 4.29. The van der Waals surface area contributed by atoms with Gasteiger partial charge in [0.25, 0.3) is 0 Å². The number of benzene rings is 4. The van der Waals surface area contributed by atoms with Crippen molar-refractivity contribution < 1.29 is 0 Å². The molecule has 0 amide bonds. The minimum atomic E-state index is 0.975. The molecule has 0 atom stereocenters. The van der Waals surface area contributed by atoms with Crippen molar-refractivity contribution in [2.75, 3.05) is 0 Å². The largest absolute Gasteiger partial charge is 0.341 e. The van der Waals surface area contributed by atoms with Crippen molar-refractivity contribution in [3.05, 3.63) is 95.5 Å². The Hall–Kier alpha value is -2.84. The number of halogens is 1. The van der Waals surface area contributed by atoms with Crippen molar-refractivity contribution in [2.24, 2.45) is 0 Å². The monoisotopic (exact) mass is 425 g/mol. The van der Waals surface area contributed by atoms with Gasteiger partial charge in [-0.25, -0.2) is 0 Å². The molecule has 5 rings (SSSR count). The summed E-state index contributed by atoms with van der Waals surface area (Å²) < 4.78 is 3.50. The maximum atomic E-state index is 3.52. The quantitative estimate of drug-likeness (QED) is 0.276. The second kappa shape index (κ2) is 6.96. The van der Waals surface area contributed by atoms with E-state index in [0.29, 0.717) is 0 Å². The summed E-state index contributed by atoms with van der Waals surface area (Å²) in [6, 6.07) is 32.8. The molecular weight excluding hydrogens is 406 g/mol. The molecule has 136 valence electrons. The van der Waals surface area contributed by atoms with Gasteiger partial charge in [-0.15, -0.1) is 0 Å². The van der Waals surface area contributed by atoms with E-state index in [1.54, 1.807) is 0 Å². The van der Waals surface area contributed by atoms with Gasteiger partial charge < -0.3 is 4.57 Å². The van der Waals surface area contributed by atoms with Gasteiger partial charge in [-0.05, 0) is 65.6 Å². The van der Waals surface area contributed by atoms with Crippen LogP contribution in [0.2, 0.25) is 0 Å². The highest BCUT2D eigenvalue weighted by atomic mass is 79.9. The number of aromatic nitrogens is 1. The molecule has 0 fully saturated rings. The van der Waals surface area contributed by atoms with Gasteiger partial charge in [-0.2, -0.15) is 0 Å². The highest BCUT2D eigenvalue weighted by Crippen LogP contribution is 2.34. The maximum Gasteiger partial charge on any atom is 0.0491 e. The molecule has 4 aromatic carbocycles. The summed E-state index contributed by atoms with van der Waals surface area (Å²) in [5.74, 6) is 0. The van der Waals surface area contributed by atoms with Crippen LogP contribution in [-0.4, -0.2) is 4.57 Å². The fraction of sp³-hybridized carbons (Fsp3) is 0.0769. The van der Waals surface area contributed by atoms with Crippen LogP contribution < -0.4 is 0 Å². The third kappa shape index (κ3) is 2.85. The van der Waals surface area contributed by atoms with Crippen LogP contribution in [0.25, 0.3) is 44.1 Å². The number of hydrogen-bond acceptors (Lipinski definition) is 0. The number of fused-ring (bicyclic) bond motifs is 3. The van der Waals surface area contributed by atoms with Crippen molar-refractivity contribution in [3.63, 3.8) is 0 Å². The van der Waals surface area contributed by atoms with Gasteiger partial charge in [0.15, 0.2) is 0 Å². The zero-order valence-corrected chi connectivity index (χ0v) is 17.3. The summed E-state index contributed by atoms with van der Waals surface area (Å²) in [5, 5.41) is 2.65. The van der Waals surface area contributed by atoms with Crippen molar-refractivity contribution >= 4 is 37.7 Å². The van der Waals surface area contributed by atoms with Crippen LogP contribution in [0.4, 0.5) is 0 Å². The third-order valence-corrected chi connectivity index (χ3v) is 5.99. The molecule has 1 heterocycles. The van der Waals surface area contributed by atoms with Crippen molar-refractivity contribution in [3.8, 4) is 22.3 Å². The Labute approximate surface area is 173 Å². The van der Waals surface area contributed by atoms with Crippen LogP contribution in [0.3, 0.4) is 0 Å². The first-order valence-electron chi connectivity index (χ1n) is 9.62. The van der Waals surface area contributed by atoms with E-state index in [4.69, 9.17) is 0 Å². The first-order chi connectivity index (χ1) is 13.7. The third-order valence-electron chi connectivity index (χ3n) is 5.46. The van der Waals surface area contributed by atoms with Gasteiger partial charge in [-0.3, -0.25) is 0 Å². The average molecular weight is 426 g/mol. The molecule has 0 aliphatic rings. The molecular formula is C26H20BrN. The van der Waals surface area contributed by atoms with Gasteiger partial charge in [0.05, 0.1) is 0 Å². The molecule has 5 aromatic rings. The molecule has 0 saturated carbocycles. The van der Waals surface area contributed by atoms with Crippen LogP contribution in [-0.2, 0) is 6.54 Å². The first-order valence-corrected chi connectivity index (χ1v) is 10.4. The van der Waals surface area contributed by atoms with Gasteiger partial charge in [0.2, 0.25) is 0 Å².